The lowest BCUT2D eigenvalue weighted by atomic mass is 9.90. The number of fused-ring (bicyclic) bond motifs is 2. The molecule has 1 atom stereocenters. The van der Waals surface area contributed by atoms with Crippen LogP contribution in [0.3, 0.4) is 0 Å². The van der Waals surface area contributed by atoms with Gasteiger partial charge in [0, 0.05) is 42.0 Å². The number of aromatic nitrogens is 1. The van der Waals surface area contributed by atoms with Gasteiger partial charge in [0.1, 0.15) is 11.8 Å². The summed E-state index contributed by atoms with van der Waals surface area (Å²) in [6, 6.07) is 15.4. The van der Waals surface area contributed by atoms with Crippen molar-refractivity contribution in [1.82, 2.24) is 4.57 Å². The van der Waals surface area contributed by atoms with E-state index in [1.54, 1.807) is 33.1 Å². The van der Waals surface area contributed by atoms with E-state index in [1.807, 2.05) is 36.4 Å². The van der Waals surface area contributed by atoms with Gasteiger partial charge in [-0.15, -0.1) is 0 Å². The van der Waals surface area contributed by atoms with Crippen molar-refractivity contribution in [3.8, 4) is 5.75 Å². The van der Waals surface area contributed by atoms with Crippen LogP contribution in [0.1, 0.15) is 50.3 Å². The standard InChI is InChI=1S/C33H32N4O6S/c1-4-43-32(39)28-20(2)34-33-36(30(28)29-24-11-7-6-10-21(24)12-15-26(29)42-3)31(38)27(44-33)19-22-18-23(37(40)41)13-14-25(22)35-16-8-5-9-17-35/h6-7,10-15,18-19,30H,4-5,8-9,16-17H2,1-3H3/b27-19+. The highest BCUT2D eigenvalue weighted by Crippen LogP contribution is 2.40. The monoisotopic (exact) mass is 612 g/mol. The SMILES string of the molecule is CCOC(=O)C1=C(C)N=c2s/c(=C/c3cc([N+](=O)[O-])ccc3N3CCCCC3)c(=O)n2C1c1c(OC)ccc2ccccc12. The number of hydrogen-bond donors (Lipinski definition) is 0. The number of piperidine rings is 1. The van der Waals surface area contributed by atoms with Crippen molar-refractivity contribution >= 4 is 45.5 Å². The Kier molecular flexibility index (Phi) is 8.05. The molecule has 4 aromatic rings. The lowest BCUT2D eigenvalue weighted by molar-refractivity contribution is -0.384. The van der Waals surface area contributed by atoms with E-state index >= 15 is 0 Å². The van der Waals surface area contributed by atoms with Crippen LogP contribution in [-0.2, 0) is 9.53 Å². The predicted molar refractivity (Wildman–Crippen MR) is 170 cm³/mol. The number of esters is 1. The number of nitro groups is 1. The van der Waals surface area contributed by atoms with Crippen LogP contribution in [-0.4, -0.2) is 42.3 Å². The maximum Gasteiger partial charge on any atom is 0.338 e. The summed E-state index contributed by atoms with van der Waals surface area (Å²) in [4.78, 5) is 46.5. The van der Waals surface area contributed by atoms with E-state index in [0.29, 0.717) is 31.9 Å². The van der Waals surface area contributed by atoms with Crippen molar-refractivity contribution in [2.75, 3.05) is 31.7 Å². The van der Waals surface area contributed by atoms with Gasteiger partial charge < -0.3 is 14.4 Å². The number of benzene rings is 3. The second-order valence-electron chi connectivity index (χ2n) is 10.8. The molecule has 0 bridgehead atoms. The Balaban J connectivity index is 1.63. The quantitative estimate of drug-likeness (QED) is 0.166. The van der Waals surface area contributed by atoms with E-state index in [4.69, 9.17) is 14.5 Å². The average molecular weight is 613 g/mol. The van der Waals surface area contributed by atoms with Gasteiger partial charge in [0.2, 0.25) is 0 Å². The molecule has 11 heteroatoms. The molecule has 0 saturated carbocycles. The Bertz CT molecular complexity index is 2000. The molecule has 2 aliphatic rings. The van der Waals surface area contributed by atoms with Gasteiger partial charge >= 0.3 is 5.97 Å². The zero-order chi connectivity index (χ0) is 31.0. The number of carbonyl (C=O) groups is 1. The van der Waals surface area contributed by atoms with Gasteiger partial charge in [0.25, 0.3) is 11.2 Å². The van der Waals surface area contributed by atoms with Crippen LogP contribution in [0, 0.1) is 10.1 Å². The van der Waals surface area contributed by atoms with Gasteiger partial charge in [0.05, 0.1) is 34.4 Å². The molecule has 2 aliphatic heterocycles. The Morgan fingerprint density at radius 3 is 2.64 bits per heavy atom. The number of thiazole rings is 1. The van der Waals surface area contributed by atoms with Crippen LogP contribution in [0.25, 0.3) is 16.8 Å². The van der Waals surface area contributed by atoms with Crippen LogP contribution >= 0.6 is 11.3 Å². The van der Waals surface area contributed by atoms with Gasteiger partial charge in [0.15, 0.2) is 4.80 Å². The minimum atomic E-state index is -0.875. The van der Waals surface area contributed by atoms with Crippen molar-refractivity contribution in [2.45, 2.75) is 39.2 Å². The number of non-ortho nitro benzene ring substituents is 1. The molecule has 1 unspecified atom stereocenters. The van der Waals surface area contributed by atoms with E-state index in [0.717, 1.165) is 48.8 Å². The van der Waals surface area contributed by atoms with E-state index in [2.05, 4.69) is 4.90 Å². The maximum atomic E-state index is 14.4. The second-order valence-corrected chi connectivity index (χ2v) is 11.8. The van der Waals surface area contributed by atoms with Crippen LogP contribution in [0.5, 0.6) is 5.75 Å². The highest BCUT2D eigenvalue weighted by atomic mass is 32.1. The summed E-state index contributed by atoms with van der Waals surface area (Å²) in [5, 5.41) is 13.5. The second kappa shape index (κ2) is 12.1. The summed E-state index contributed by atoms with van der Waals surface area (Å²) in [5.74, 6) is -0.0417. The molecule has 6 rings (SSSR count). The Hall–Kier alpha value is -4.77. The fourth-order valence-electron chi connectivity index (χ4n) is 6.14. The smallest absolute Gasteiger partial charge is 0.338 e. The van der Waals surface area contributed by atoms with Crippen molar-refractivity contribution in [3.05, 3.63) is 107 Å². The third-order valence-electron chi connectivity index (χ3n) is 8.15. The number of anilines is 1. The normalized spacial score (nSPS) is 16.9. The molecule has 0 radical (unpaired) electrons. The van der Waals surface area contributed by atoms with Crippen LogP contribution in [0.15, 0.2) is 75.7 Å². The minimum Gasteiger partial charge on any atom is -0.496 e. The highest BCUT2D eigenvalue weighted by Gasteiger charge is 2.36. The summed E-state index contributed by atoms with van der Waals surface area (Å²) in [6.45, 7) is 5.30. The van der Waals surface area contributed by atoms with Gasteiger partial charge in [-0.2, -0.15) is 0 Å². The van der Waals surface area contributed by atoms with Gasteiger partial charge in [-0.1, -0.05) is 41.7 Å². The molecule has 1 saturated heterocycles. The van der Waals surface area contributed by atoms with Crippen LogP contribution in [0.4, 0.5) is 11.4 Å². The van der Waals surface area contributed by atoms with E-state index < -0.39 is 16.9 Å². The molecular formula is C33H32N4O6S. The van der Waals surface area contributed by atoms with E-state index in [-0.39, 0.29) is 23.4 Å². The van der Waals surface area contributed by atoms with E-state index in [9.17, 15) is 19.7 Å². The zero-order valence-corrected chi connectivity index (χ0v) is 25.6. The van der Waals surface area contributed by atoms with E-state index in [1.165, 1.54) is 28.0 Å². The maximum absolute atomic E-state index is 14.4. The Labute approximate surface area is 257 Å². The third kappa shape index (κ3) is 5.17. The van der Waals surface area contributed by atoms with Crippen molar-refractivity contribution in [1.29, 1.82) is 0 Å². The summed E-state index contributed by atoms with van der Waals surface area (Å²) < 4.78 is 13.2. The predicted octanol–water partition coefficient (Wildman–Crippen LogP) is 4.86. The number of rotatable bonds is 7. The van der Waals surface area contributed by atoms with Gasteiger partial charge in [-0.3, -0.25) is 19.5 Å². The molecule has 44 heavy (non-hydrogen) atoms. The molecule has 226 valence electrons. The largest absolute Gasteiger partial charge is 0.496 e. The number of nitrogens with zero attached hydrogens (tertiary/aromatic N) is 4. The molecule has 0 aliphatic carbocycles. The molecule has 0 spiro atoms. The molecule has 3 heterocycles. The number of carbonyl (C=O) groups excluding carboxylic acids is 1. The molecule has 1 fully saturated rings. The van der Waals surface area contributed by atoms with Crippen molar-refractivity contribution < 1.29 is 19.2 Å². The van der Waals surface area contributed by atoms with Crippen LogP contribution < -0.4 is 24.5 Å². The van der Waals surface area contributed by atoms with Crippen molar-refractivity contribution in [2.24, 2.45) is 4.99 Å². The molecular weight excluding hydrogens is 580 g/mol. The first-order chi connectivity index (χ1) is 21.3. The molecule has 3 aromatic carbocycles. The van der Waals surface area contributed by atoms with Gasteiger partial charge in [-0.25, -0.2) is 9.79 Å². The third-order valence-corrected chi connectivity index (χ3v) is 9.13. The zero-order valence-electron chi connectivity index (χ0n) is 24.7. The average Bonchev–Trinajstić information content (AvgIpc) is 3.33. The number of allylic oxidation sites excluding steroid dienone is 1. The first kappa shape index (κ1) is 29.3. The summed E-state index contributed by atoms with van der Waals surface area (Å²) in [7, 11) is 1.56. The minimum absolute atomic E-state index is 0.0522. The number of nitro benzene ring substituents is 1. The number of ether oxygens (including phenoxy) is 2. The topological polar surface area (TPSA) is 116 Å². The lowest BCUT2D eigenvalue weighted by Crippen LogP contribution is -2.40. The highest BCUT2D eigenvalue weighted by molar-refractivity contribution is 7.07. The van der Waals surface area contributed by atoms with Crippen LogP contribution in [0.2, 0.25) is 0 Å². The summed E-state index contributed by atoms with van der Waals surface area (Å²) in [6.07, 6.45) is 4.90. The molecule has 0 amide bonds. The lowest BCUT2D eigenvalue weighted by Gasteiger charge is -2.30. The number of hydrogen-bond acceptors (Lipinski definition) is 9. The Morgan fingerprint density at radius 1 is 1.14 bits per heavy atom. The molecule has 0 N–H and O–H groups in total. The first-order valence-electron chi connectivity index (χ1n) is 14.6. The number of methoxy groups -OCH3 is 1. The fraction of sp³-hybridized carbons (Fsp3) is 0.303. The molecule has 1 aromatic heterocycles. The summed E-state index contributed by atoms with van der Waals surface area (Å²) in [5.41, 5.74) is 2.37. The Morgan fingerprint density at radius 2 is 1.91 bits per heavy atom. The van der Waals surface area contributed by atoms with Crippen molar-refractivity contribution in [3.63, 3.8) is 0 Å². The summed E-state index contributed by atoms with van der Waals surface area (Å²) >= 11 is 1.19. The molecule has 10 nitrogen and oxygen atoms in total. The van der Waals surface area contributed by atoms with Gasteiger partial charge in [-0.05, 0) is 62.1 Å². The first-order valence-corrected chi connectivity index (χ1v) is 15.4. The fourth-order valence-corrected chi connectivity index (χ4v) is 7.17.